The molecule has 0 aliphatic heterocycles. The minimum absolute atomic E-state index is 0.0428. The van der Waals surface area contributed by atoms with E-state index in [1.54, 1.807) is 37.4 Å². The molecule has 0 amide bonds. The lowest BCUT2D eigenvalue weighted by Gasteiger charge is -2.07. The molecule has 0 saturated carbocycles. The van der Waals surface area contributed by atoms with E-state index in [2.05, 4.69) is 15.9 Å². The molecule has 5 heteroatoms. The number of ether oxygens (including phenoxy) is 2. The van der Waals surface area contributed by atoms with E-state index in [4.69, 9.17) is 9.47 Å². The van der Waals surface area contributed by atoms with Crippen molar-refractivity contribution in [2.75, 3.05) is 13.7 Å². The second kappa shape index (κ2) is 6.52. The van der Waals surface area contributed by atoms with Crippen LogP contribution in [0.3, 0.4) is 0 Å². The van der Waals surface area contributed by atoms with Crippen molar-refractivity contribution in [2.24, 2.45) is 0 Å². The van der Waals surface area contributed by atoms with Crippen molar-refractivity contribution in [1.82, 2.24) is 0 Å². The van der Waals surface area contributed by atoms with Gasteiger partial charge in [-0.2, -0.15) is 0 Å². The molecule has 0 unspecified atom stereocenters. The molecule has 104 valence electrons. The van der Waals surface area contributed by atoms with Gasteiger partial charge < -0.3 is 9.47 Å². The van der Waals surface area contributed by atoms with Crippen LogP contribution in [0, 0.1) is 5.82 Å². The van der Waals surface area contributed by atoms with Gasteiger partial charge in [-0.15, -0.1) is 0 Å². The van der Waals surface area contributed by atoms with Crippen molar-refractivity contribution in [1.29, 1.82) is 0 Å². The van der Waals surface area contributed by atoms with E-state index in [1.165, 1.54) is 12.1 Å². The van der Waals surface area contributed by atoms with E-state index in [0.29, 0.717) is 15.8 Å². The zero-order chi connectivity index (χ0) is 14.5. The molecule has 0 bridgehead atoms. The van der Waals surface area contributed by atoms with E-state index in [1.807, 2.05) is 0 Å². The van der Waals surface area contributed by atoms with Crippen LogP contribution in [-0.2, 0) is 0 Å². The molecule has 0 aliphatic rings. The molecular formula is C15H12BrFO3. The van der Waals surface area contributed by atoms with Gasteiger partial charge in [0, 0.05) is 10.0 Å². The van der Waals surface area contributed by atoms with E-state index in [0.717, 1.165) is 0 Å². The van der Waals surface area contributed by atoms with Crippen molar-refractivity contribution in [2.45, 2.75) is 0 Å². The Balaban J connectivity index is 2.02. The maximum atomic E-state index is 13.4. The summed E-state index contributed by atoms with van der Waals surface area (Å²) >= 11 is 3.22. The standard InChI is InChI=1S/C15H12BrFO3/c1-19-12-5-2-10(3-6-12)14(18)9-20-15-8-11(16)4-7-13(15)17/h2-8H,9H2,1H3. The Morgan fingerprint density at radius 1 is 1.20 bits per heavy atom. The average molecular weight is 339 g/mol. The van der Waals surface area contributed by atoms with Gasteiger partial charge in [0.1, 0.15) is 5.75 Å². The Hall–Kier alpha value is -1.88. The summed E-state index contributed by atoms with van der Waals surface area (Å²) in [4.78, 5) is 11.9. The molecule has 0 saturated heterocycles. The molecule has 2 rings (SSSR count). The smallest absolute Gasteiger partial charge is 0.200 e. The third kappa shape index (κ3) is 3.57. The molecule has 0 atom stereocenters. The number of ketones is 1. The first-order chi connectivity index (χ1) is 9.60. The first-order valence-corrected chi connectivity index (χ1v) is 6.64. The van der Waals surface area contributed by atoms with Crippen molar-refractivity contribution in [3.05, 3.63) is 58.3 Å². The molecule has 2 aromatic rings. The van der Waals surface area contributed by atoms with Crippen LogP contribution in [0.5, 0.6) is 11.5 Å². The van der Waals surface area contributed by atoms with Gasteiger partial charge in [-0.05, 0) is 42.5 Å². The number of benzene rings is 2. The number of carbonyl (C=O) groups is 1. The summed E-state index contributed by atoms with van der Waals surface area (Å²) in [6.07, 6.45) is 0. The largest absolute Gasteiger partial charge is 0.497 e. The van der Waals surface area contributed by atoms with Crippen molar-refractivity contribution in [3.63, 3.8) is 0 Å². The summed E-state index contributed by atoms with van der Waals surface area (Å²) in [5, 5.41) is 0. The van der Waals surface area contributed by atoms with Crippen molar-refractivity contribution >= 4 is 21.7 Å². The van der Waals surface area contributed by atoms with E-state index in [9.17, 15) is 9.18 Å². The molecule has 0 aliphatic carbocycles. The highest BCUT2D eigenvalue weighted by Gasteiger charge is 2.10. The minimum Gasteiger partial charge on any atom is -0.497 e. The Labute approximate surface area is 124 Å². The Kier molecular flexibility index (Phi) is 4.74. The number of Topliss-reactive ketones (excluding diaryl/α,β-unsaturated/α-hetero) is 1. The maximum Gasteiger partial charge on any atom is 0.200 e. The topological polar surface area (TPSA) is 35.5 Å². The summed E-state index contributed by atoms with van der Waals surface area (Å²) in [5.41, 5.74) is 0.487. The average Bonchev–Trinajstić information content (AvgIpc) is 2.48. The second-order valence-corrected chi connectivity index (χ2v) is 4.93. The summed E-state index contributed by atoms with van der Waals surface area (Å²) < 4.78 is 24.3. The van der Waals surface area contributed by atoms with Crippen LogP contribution in [0.25, 0.3) is 0 Å². The lowest BCUT2D eigenvalue weighted by molar-refractivity contribution is 0.0918. The van der Waals surface area contributed by atoms with Gasteiger partial charge >= 0.3 is 0 Å². The van der Waals surface area contributed by atoms with E-state index in [-0.39, 0.29) is 18.1 Å². The van der Waals surface area contributed by atoms with Crippen LogP contribution in [0.15, 0.2) is 46.9 Å². The highest BCUT2D eigenvalue weighted by Crippen LogP contribution is 2.22. The van der Waals surface area contributed by atoms with Crippen LogP contribution in [0.2, 0.25) is 0 Å². The van der Waals surface area contributed by atoms with Gasteiger partial charge in [-0.1, -0.05) is 15.9 Å². The van der Waals surface area contributed by atoms with Crippen LogP contribution >= 0.6 is 15.9 Å². The first kappa shape index (κ1) is 14.5. The summed E-state index contributed by atoms with van der Waals surface area (Å²) in [7, 11) is 1.55. The fourth-order valence-electron chi connectivity index (χ4n) is 1.59. The Morgan fingerprint density at radius 3 is 2.55 bits per heavy atom. The molecule has 0 spiro atoms. The molecule has 0 heterocycles. The fourth-order valence-corrected chi connectivity index (χ4v) is 1.93. The van der Waals surface area contributed by atoms with Gasteiger partial charge in [0.25, 0.3) is 0 Å². The van der Waals surface area contributed by atoms with Crippen LogP contribution in [0.1, 0.15) is 10.4 Å². The summed E-state index contributed by atoms with van der Waals surface area (Å²) in [6.45, 7) is -0.223. The van der Waals surface area contributed by atoms with Crippen LogP contribution < -0.4 is 9.47 Å². The van der Waals surface area contributed by atoms with Gasteiger partial charge in [0.2, 0.25) is 0 Å². The number of hydrogen-bond acceptors (Lipinski definition) is 3. The minimum atomic E-state index is -0.504. The molecular weight excluding hydrogens is 327 g/mol. The number of carbonyl (C=O) groups excluding carboxylic acids is 1. The van der Waals surface area contributed by atoms with Gasteiger partial charge in [-0.3, -0.25) is 4.79 Å². The zero-order valence-electron chi connectivity index (χ0n) is 10.7. The number of hydrogen-bond donors (Lipinski definition) is 0. The maximum absolute atomic E-state index is 13.4. The van der Waals surface area contributed by atoms with Crippen molar-refractivity contribution < 1.29 is 18.7 Å². The number of methoxy groups -OCH3 is 1. The fraction of sp³-hybridized carbons (Fsp3) is 0.133. The van der Waals surface area contributed by atoms with Crippen LogP contribution in [-0.4, -0.2) is 19.5 Å². The zero-order valence-corrected chi connectivity index (χ0v) is 12.3. The van der Waals surface area contributed by atoms with E-state index >= 15 is 0 Å². The molecule has 3 nitrogen and oxygen atoms in total. The summed E-state index contributed by atoms with van der Waals surface area (Å²) in [6, 6.07) is 11.0. The van der Waals surface area contributed by atoms with Gasteiger partial charge in [0.05, 0.1) is 7.11 Å². The Bertz CT molecular complexity index is 611. The lowest BCUT2D eigenvalue weighted by atomic mass is 10.1. The predicted molar refractivity (Wildman–Crippen MR) is 76.9 cm³/mol. The molecule has 0 radical (unpaired) electrons. The SMILES string of the molecule is COc1ccc(C(=O)COc2cc(Br)ccc2F)cc1. The highest BCUT2D eigenvalue weighted by molar-refractivity contribution is 9.10. The number of halogens is 2. The predicted octanol–water partition coefficient (Wildman–Crippen LogP) is 3.86. The third-order valence-electron chi connectivity index (χ3n) is 2.66. The monoisotopic (exact) mass is 338 g/mol. The Morgan fingerprint density at radius 2 is 1.90 bits per heavy atom. The number of rotatable bonds is 5. The van der Waals surface area contributed by atoms with Crippen LogP contribution in [0.4, 0.5) is 4.39 Å². The van der Waals surface area contributed by atoms with Gasteiger partial charge in [0.15, 0.2) is 24.0 Å². The van der Waals surface area contributed by atoms with E-state index < -0.39 is 5.82 Å². The molecule has 2 aromatic carbocycles. The van der Waals surface area contributed by atoms with Crippen molar-refractivity contribution in [3.8, 4) is 11.5 Å². The third-order valence-corrected chi connectivity index (χ3v) is 3.16. The van der Waals surface area contributed by atoms with Gasteiger partial charge in [-0.25, -0.2) is 4.39 Å². The molecule has 0 fully saturated rings. The highest BCUT2D eigenvalue weighted by atomic mass is 79.9. The molecule has 0 N–H and O–H groups in total. The normalized spacial score (nSPS) is 10.2. The lowest BCUT2D eigenvalue weighted by Crippen LogP contribution is -2.12. The second-order valence-electron chi connectivity index (χ2n) is 4.02. The summed E-state index contributed by atoms with van der Waals surface area (Å²) in [5.74, 6) is -0.0236. The molecule has 20 heavy (non-hydrogen) atoms. The molecule has 0 aromatic heterocycles. The quantitative estimate of drug-likeness (QED) is 0.776. The first-order valence-electron chi connectivity index (χ1n) is 5.85.